The molecule has 5 rings (SSSR count). The van der Waals surface area contributed by atoms with E-state index in [1.807, 2.05) is 54.6 Å². The van der Waals surface area contributed by atoms with Crippen molar-refractivity contribution in [2.24, 2.45) is 0 Å². The van der Waals surface area contributed by atoms with Gasteiger partial charge in [0.25, 0.3) is 0 Å². The third-order valence-electron chi connectivity index (χ3n) is 6.21. The van der Waals surface area contributed by atoms with Gasteiger partial charge in [0.2, 0.25) is 0 Å². The van der Waals surface area contributed by atoms with Crippen LogP contribution in [0.1, 0.15) is 39.8 Å². The molecule has 2 unspecified atom stereocenters. The van der Waals surface area contributed by atoms with Gasteiger partial charge >= 0.3 is 0 Å². The molecular weight excluding hydrogens is 424 g/mol. The Kier molecular flexibility index (Phi) is 5.96. The zero-order valence-electron chi connectivity index (χ0n) is 19.1. The SMILES string of the molecule is COc1ccc(/C=C/c2ccc3c(c2)C(c2ccc(OC)cc2)C(c2ccc(O)cc2)O3)cc1. The minimum atomic E-state index is -0.190. The predicted molar refractivity (Wildman–Crippen MR) is 135 cm³/mol. The van der Waals surface area contributed by atoms with Gasteiger partial charge in [-0.15, -0.1) is 0 Å². The van der Waals surface area contributed by atoms with E-state index in [2.05, 4.69) is 36.4 Å². The quantitative estimate of drug-likeness (QED) is 0.327. The number of methoxy groups -OCH3 is 2. The normalized spacial score (nSPS) is 16.8. The minimum Gasteiger partial charge on any atom is -0.508 e. The van der Waals surface area contributed by atoms with Crippen LogP contribution in [0, 0.1) is 0 Å². The highest BCUT2D eigenvalue weighted by Crippen LogP contribution is 2.50. The Bertz CT molecular complexity index is 1290. The third-order valence-corrected chi connectivity index (χ3v) is 6.21. The average Bonchev–Trinajstić information content (AvgIpc) is 3.27. The Morgan fingerprint density at radius 2 is 1.24 bits per heavy atom. The predicted octanol–water partition coefficient (Wildman–Crippen LogP) is 6.85. The van der Waals surface area contributed by atoms with Crippen LogP contribution in [0.2, 0.25) is 0 Å². The summed E-state index contributed by atoms with van der Waals surface area (Å²) in [4.78, 5) is 0. The van der Waals surface area contributed by atoms with E-state index >= 15 is 0 Å². The van der Waals surface area contributed by atoms with E-state index in [-0.39, 0.29) is 17.8 Å². The van der Waals surface area contributed by atoms with E-state index in [9.17, 15) is 5.11 Å². The molecule has 0 amide bonds. The minimum absolute atomic E-state index is 0.0137. The van der Waals surface area contributed by atoms with Crippen molar-refractivity contribution in [2.75, 3.05) is 14.2 Å². The summed E-state index contributed by atoms with van der Waals surface area (Å²) in [6.07, 6.45) is 4.02. The molecule has 0 aliphatic carbocycles. The largest absolute Gasteiger partial charge is 0.508 e. The van der Waals surface area contributed by atoms with Crippen molar-refractivity contribution in [3.05, 3.63) is 119 Å². The fraction of sp³-hybridized carbons (Fsp3) is 0.133. The first-order valence-electron chi connectivity index (χ1n) is 11.2. The van der Waals surface area contributed by atoms with Crippen LogP contribution in [0.5, 0.6) is 23.0 Å². The number of phenols is 1. The van der Waals surface area contributed by atoms with Crippen molar-refractivity contribution in [2.45, 2.75) is 12.0 Å². The second-order valence-electron chi connectivity index (χ2n) is 8.28. The summed E-state index contributed by atoms with van der Waals surface area (Å²) in [5, 5.41) is 9.76. The van der Waals surface area contributed by atoms with Gasteiger partial charge in [-0.25, -0.2) is 0 Å². The molecule has 4 nitrogen and oxygen atoms in total. The van der Waals surface area contributed by atoms with E-state index in [1.54, 1.807) is 26.4 Å². The van der Waals surface area contributed by atoms with E-state index in [1.165, 1.54) is 0 Å². The second kappa shape index (κ2) is 9.36. The first-order chi connectivity index (χ1) is 16.6. The zero-order chi connectivity index (χ0) is 23.5. The Labute approximate surface area is 199 Å². The molecule has 0 aromatic heterocycles. The highest BCUT2D eigenvalue weighted by molar-refractivity contribution is 5.71. The van der Waals surface area contributed by atoms with Gasteiger partial charge in [-0.1, -0.05) is 54.6 Å². The van der Waals surface area contributed by atoms with E-state index in [4.69, 9.17) is 14.2 Å². The Hall–Kier alpha value is -4.18. The molecule has 0 saturated carbocycles. The topological polar surface area (TPSA) is 47.9 Å². The van der Waals surface area contributed by atoms with Crippen molar-refractivity contribution in [1.29, 1.82) is 0 Å². The first kappa shape index (κ1) is 21.7. The number of benzene rings is 4. The summed E-state index contributed by atoms with van der Waals surface area (Å²) in [6, 6.07) is 29.7. The first-order valence-corrected chi connectivity index (χ1v) is 11.2. The van der Waals surface area contributed by atoms with Gasteiger partial charge in [0, 0.05) is 5.56 Å². The molecule has 0 fully saturated rings. The maximum atomic E-state index is 9.76. The number of fused-ring (bicyclic) bond motifs is 1. The van der Waals surface area contributed by atoms with Crippen LogP contribution >= 0.6 is 0 Å². The monoisotopic (exact) mass is 450 g/mol. The molecule has 0 spiro atoms. The van der Waals surface area contributed by atoms with Crippen molar-refractivity contribution >= 4 is 12.2 Å². The molecule has 2 atom stereocenters. The van der Waals surface area contributed by atoms with Crippen LogP contribution in [-0.4, -0.2) is 19.3 Å². The molecule has 0 radical (unpaired) electrons. The lowest BCUT2D eigenvalue weighted by atomic mass is 9.84. The molecule has 4 aromatic carbocycles. The summed E-state index contributed by atoms with van der Waals surface area (Å²) in [5.74, 6) is 2.79. The maximum Gasteiger partial charge on any atom is 0.135 e. The van der Waals surface area contributed by atoms with Crippen molar-refractivity contribution in [3.8, 4) is 23.0 Å². The fourth-order valence-electron chi connectivity index (χ4n) is 4.39. The number of ether oxygens (including phenoxy) is 3. The average molecular weight is 451 g/mol. The summed E-state index contributed by atoms with van der Waals surface area (Å²) < 4.78 is 17.1. The molecule has 1 N–H and O–H groups in total. The molecule has 1 aliphatic rings. The lowest BCUT2D eigenvalue weighted by Gasteiger charge is -2.20. The number of hydrogen-bond donors (Lipinski definition) is 1. The van der Waals surface area contributed by atoms with Gasteiger partial charge in [-0.3, -0.25) is 0 Å². The van der Waals surface area contributed by atoms with Crippen LogP contribution in [0.3, 0.4) is 0 Å². The standard InChI is InChI=1S/C30H26O4/c1-32-25-14-5-20(6-15-25)3-4-21-7-18-28-27(19-21)29(22-10-16-26(33-2)17-11-22)30(34-28)23-8-12-24(31)13-9-23/h3-19,29-31H,1-2H3/b4-3+. The van der Waals surface area contributed by atoms with E-state index in [0.717, 1.165) is 45.1 Å². The zero-order valence-corrected chi connectivity index (χ0v) is 19.1. The van der Waals surface area contributed by atoms with Crippen molar-refractivity contribution < 1.29 is 19.3 Å². The highest BCUT2D eigenvalue weighted by atomic mass is 16.5. The third kappa shape index (κ3) is 4.35. The van der Waals surface area contributed by atoms with Crippen molar-refractivity contribution in [1.82, 2.24) is 0 Å². The van der Waals surface area contributed by atoms with E-state index < -0.39 is 0 Å². The number of hydrogen-bond acceptors (Lipinski definition) is 4. The van der Waals surface area contributed by atoms with Crippen LogP contribution in [0.15, 0.2) is 91.0 Å². The molecule has 34 heavy (non-hydrogen) atoms. The maximum absolute atomic E-state index is 9.76. The Balaban J connectivity index is 1.51. The second-order valence-corrected chi connectivity index (χ2v) is 8.28. The van der Waals surface area contributed by atoms with Crippen LogP contribution in [-0.2, 0) is 0 Å². The number of phenolic OH excluding ortho intramolecular Hbond substituents is 1. The lowest BCUT2D eigenvalue weighted by Crippen LogP contribution is -2.11. The molecule has 0 saturated heterocycles. The number of rotatable bonds is 6. The van der Waals surface area contributed by atoms with Crippen LogP contribution in [0.25, 0.3) is 12.2 Å². The lowest BCUT2D eigenvalue weighted by molar-refractivity contribution is 0.222. The van der Waals surface area contributed by atoms with Crippen molar-refractivity contribution in [3.63, 3.8) is 0 Å². The summed E-state index contributed by atoms with van der Waals surface area (Å²) in [5.41, 5.74) is 5.51. The molecule has 170 valence electrons. The van der Waals surface area contributed by atoms with Crippen LogP contribution < -0.4 is 14.2 Å². The Morgan fingerprint density at radius 3 is 1.88 bits per heavy atom. The highest BCUT2D eigenvalue weighted by Gasteiger charge is 2.36. The summed E-state index contributed by atoms with van der Waals surface area (Å²) in [7, 11) is 3.34. The van der Waals surface area contributed by atoms with Gasteiger partial charge in [0.1, 0.15) is 29.1 Å². The van der Waals surface area contributed by atoms with E-state index in [0.29, 0.717) is 0 Å². The summed E-state index contributed by atoms with van der Waals surface area (Å²) in [6.45, 7) is 0. The smallest absolute Gasteiger partial charge is 0.135 e. The molecule has 4 aromatic rings. The molecular formula is C30H26O4. The van der Waals surface area contributed by atoms with Gasteiger partial charge in [-0.2, -0.15) is 0 Å². The summed E-state index contributed by atoms with van der Waals surface area (Å²) >= 11 is 0. The van der Waals surface area contributed by atoms with Gasteiger partial charge in [-0.05, 0) is 70.8 Å². The van der Waals surface area contributed by atoms with Gasteiger partial charge in [0.05, 0.1) is 20.1 Å². The molecule has 1 heterocycles. The fourth-order valence-corrected chi connectivity index (χ4v) is 4.39. The van der Waals surface area contributed by atoms with Crippen LogP contribution in [0.4, 0.5) is 0 Å². The number of aromatic hydroxyl groups is 1. The van der Waals surface area contributed by atoms with Gasteiger partial charge in [0.15, 0.2) is 0 Å². The van der Waals surface area contributed by atoms with Gasteiger partial charge < -0.3 is 19.3 Å². The molecule has 4 heteroatoms. The molecule has 0 bridgehead atoms. The Morgan fingerprint density at radius 1 is 0.676 bits per heavy atom. The molecule has 1 aliphatic heterocycles.